The van der Waals surface area contributed by atoms with Crippen LogP contribution >= 0.6 is 0 Å². The first kappa shape index (κ1) is 17.4. The fourth-order valence-electron chi connectivity index (χ4n) is 4.49. The number of halogens is 2. The van der Waals surface area contributed by atoms with Crippen molar-refractivity contribution in [1.82, 2.24) is 4.98 Å². The van der Waals surface area contributed by atoms with Crippen LogP contribution in [0.4, 0.5) is 8.78 Å². The molecule has 1 aromatic rings. The molecule has 0 saturated heterocycles. The van der Waals surface area contributed by atoms with Gasteiger partial charge in [-0.3, -0.25) is 0 Å². The van der Waals surface area contributed by atoms with Gasteiger partial charge in [0.15, 0.2) is 0 Å². The fourth-order valence-corrected chi connectivity index (χ4v) is 4.49. The second kappa shape index (κ2) is 8.10. The summed E-state index contributed by atoms with van der Waals surface area (Å²) in [6.07, 6.45) is 11.7. The lowest BCUT2D eigenvalue weighted by molar-refractivity contribution is 0.156. The lowest BCUT2D eigenvalue weighted by Gasteiger charge is -2.36. The van der Waals surface area contributed by atoms with Crippen LogP contribution in [-0.4, -0.2) is 4.98 Å². The van der Waals surface area contributed by atoms with Crippen LogP contribution in [0.15, 0.2) is 12.1 Å². The Morgan fingerprint density at radius 2 is 1.58 bits per heavy atom. The standard InChI is InChI=1S/C21H27F2N/c1-2-15-3-8-17(9-4-15)18-10-5-16(6-11-18)7-12-19-13-14-20(22)24-21(19)23/h13-18H,2-6,8-11H2,1H3/t15-,16?,17-,18?. The van der Waals surface area contributed by atoms with E-state index in [-0.39, 0.29) is 5.56 Å². The van der Waals surface area contributed by atoms with Crippen molar-refractivity contribution in [3.05, 3.63) is 29.6 Å². The molecule has 3 heteroatoms. The van der Waals surface area contributed by atoms with E-state index in [9.17, 15) is 8.78 Å². The van der Waals surface area contributed by atoms with Crippen molar-refractivity contribution >= 4 is 0 Å². The second-order valence-corrected chi connectivity index (χ2v) is 7.54. The summed E-state index contributed by atoms with van der Waals surface area (Å²) in [5.74, 6) is 7.54. The number of aromatic nitrogens is 1. The lowest BCUT2D eigenvalue weighted by atomic mass is 9.69. The van der Waals surface area contributed by atoms with Crippen LogP contribution in [0, 0.1) is 47.4 Å². The first-order valence-electron chi connectivity index (χ1n) is 9.49. The quantitative estimate of drug-likeness (QED) is 0.498. The minimum absolute atomic E-state index is 0.205. The highest BCUT2D eigenvalue weighted by Crippen LogP contribution is 2.41. The minimum atomic E-state index is -0.802. The summed E-state index contributed by atoms with van der Waals surface area (Å²) in [6.45, 7) is 2.31. The molecule has 0 aliphatic heterocycles. The molecule has 2 aliphatic carbocycles. The van der Waals surface area contributed by atoms with Gasteiger partial charge >= 0.3 is 0 Å². The molecule has 0 bridgehead atoms. The average Bonchev–Trinajstić information content (AvgIpc) is 2.62. The van der Waals surface area contributed by atoms with Crippen molar-refractivity contribution in [2.75, 3.05) is 0 Å². The zero-order valence-electron chi connectivity index (χ0n) is 14.5. The fraction of sp³-hybridized carbons (Fsp3) is 0.667. The second-order valence-electron chi connectivity index (χ2n) is 7.54. The van der Waals surface area contributed by atoms with E-state index >= 15 is 0 Å². The van der Waals surface area contributed by atoms with Crippen molar-refractivity contribution in [3.8, 4) is 11.8 Å². The Morgan fingerprint density at radius 3 is 2.17 bits per heavy atom. The van der Waals surface area contributed by atoms with Crippen molar-refractivity contribution in [3.63, 3.8) is 0 Å². The molecule has 1 nitrogen and oxygen atoms in total. The van der Waals surface area contributed by atoms with Crippen LogP contribution in [0.1, 0.15) is 70.3 Å². The Hall–Kier alpha value is -1.43. The van der Waals surface area contributed by atoms with Crippen LogP contribution in [0.3, 0.4) is 0 Å². The smallest absolute Gasteiger partial charge is 0.189 e. The zero-order valence-corrected chi connectivity index (χ0v) is 14.5. The van der Waals surface area contributed by atoms with Crippen molar-refractivity contribution in [2.45, 2.75) is 64.7 Å². The molecule has 0 N–H and O–H groups in total. The van der Waals surface area contributed by atoms with Gasteiger partial charge in [0.1, 0.15) is 0 Å². The molecule has 0 amide bonds. The third-order valence-electron chi connectivity index (χ3n) is 6.13. The van der Waals surface area contributed by atoms with Gasteiger partial charge in [0, 0.05) is 5.92 Å². The molecule has 2 saturated carbocycles. The van der Waals surface area contributed by atoms with E-state index < -0.39 is 11.9 Å². The normalized spacial score (nSPS) is 30.5. The molecule has 3 rings (SSSR count). The maximum absolute atomic E-state index is 13.5. The summed E-state index contributed by atoms with van der Waals surface area (Å²) in [6, 6.07) is 2.54. The number of nitrogens with zero attached hydrogens (tertiary/aromatic N) is 1. The topological polar surface area (TPSA) is 12.9 Å². The molecule has 130 valence electrons. The van der Waals surface area contributed by atoms with Crippen LogP contribution in [-0.2, 0) is 0 Å². The van der Waals surface area contributed by atoms with Crippen LogP contribution in [0.25, 0.3) is 0 Å². The van der Waals surface area contributed by atoms with E-state index in [0.29, 0.717) is 5.92 Å². The number of rotatable bonds is 2. The third kappa shape index (κ3) is 4.35. The Bertz CT molecular complexity index is 600. The summed E-state index contributed by atoms with van der Waals surface area (Å²) in [4.78, 5) is 3.19. The minimum Gasteiger partial charge on any atom is -0.189 e. The predicted molar refractivity (Wildman–Crippen MR) is 92.2 cm³/mol. The summed E-state index contributed by atoms with van der Waals surface area (Å²) in [7, 11) is 0. The van der Waals surface area contributed by atoms with Crippen molar-refractivity contribution < 1.29 is 8.78 Å². The van der Waals surface area contributed by atoms with Gasteiger partial charge in [-0.05, 0) is 68.4 Å². The summed E-state index contributed by atoms with van der Waals surface area (Å²) >= 11 is 0. The Balaban J connectivity index is 1.50. The molecule has 0 aromatic carbocycles. The molecular formula is C21H27F2N. The van der Waals surface area contributed by atoms with Crippen molar-refractivity contribution in [1.29, 1.82) is 0 Å². The monoisotopic (exact) mass is 331 g/mol. The Labute approximate surface area is 144 Å². The molecule has 2 fully saturated rings. The highest BCUT2D eigenvalue weighted by atomic mass is 19.1. The highest BCUT2D eigenvalue weighted by molar-refractivity contribution is 5.33. The molecule has 0 atom stereocenters. The van der Waals surface area contributed by atoms with Gasteiger partial charge in [0.25, 0.3) is 0 Å². The van der Waals surface area contributed by atoms with E-state index in [0.717, 1.165) is 36.7 Å². The zero-order chi connectivity index (χ0) is 16.9. The number of pyridine rings is 1. The maximum atomic E-state index is 13.5. The largest absolute Gasteiger partial charge is 0.231 e. The molecule has 0 spiro atoms. The molecule has 1 heterocycles. The SMILES string of the molecule is CC[C@H]1CC[C@H](C2CCC(C#Cc3ccc(F)nc3F)CC2)CC1. The molecular weight excluding hydrogens is 304 g/mol. The average molecular weight is 331 g/mol. The molecule has 2 aliphatic rings. The van der Waals surface area contributed by atoms with E-state index in [1.807, 2.05) is 0 Å². The van der Waals surface area contributed by atoms with Crippen molar-refractivity contribution in [2.24, 2.45) is 23.7 Å². The predicted octanol–water partition coefficient (Wildman–Crippen LogP) is 5.73. The molecule has 1 aromatic heterocycles. The van der Waals surface area contributed by atoms with E-state index in [2.05, 4.69) is 23.7 Å². The van der Waals surface area contributed by atoms with Gasteiger partial charge in [-0.1, -0.05) is 38.0 Å². The Kier molecular flexibility index (Phi) is 5.87. The van der Waals surface area contributed by atoms with Gasteiger partial charge in [-0.15, -0.1) is 0 Å². The van der Waals surface area contributed by atoms with Crippen LogP contribution < -0.4 is 0 Å². The van der Waals surface area contributed by atoms with Crippen LogP contribution in [0.5, 0.6) is 0 Å². The summed E-state index contributed by atoms with van der Waals surface area (Å²) in [5.41, 5.74) is 0.205. The summed E-state index contributed by atoms with van der Waals surface area (Å²) in [5, 5.41) is 0. The van der Waals surface area contributed by atoms with Gasteiger partial charge in [-0.25, -0.2) is 0 Å². The van der Waals surface area contributed by atoms with E-state index in [1.54, 1.807) is 0 Å². The van der Waals surface area contributed by atoms with Gasteiger partial charge < -0.3 is 0 Å². The first-order valence-corrected chi connectivity index (χ1v) is 9.49. The maximum Gasteiger partial charge on any atom is 0.231 e. The lowest BCUT2D eigenvalue weighted by Crippen LogP contribution is -2.25. The highest BCUT2D eigenvalue weighted by Gasteiger charge is 2.29. The summed E-state index contributed by atoms with van der Waals surface area (Å²) < 4.78 is 26.3. The van der Waals surface area contributed by atoms with Gasteiger partial charge in [0.2, 0.25) is 11.9 Å². The van der Waals surface area contributed by atoms with Crippen LogP contribution in [0.2, 0.25) is 0 Å². The molecule has 24 heavy (non-hydrogen) atoms. The molecule has 0 unspecified atom stereocenters. The Morgan fingerprint density at radius 1 is 0.958 bits per heavy atom. The number of hydrogen-bond donors (Lipinski definition) is 0. The van der Waals surface area contributed by atoms with Gasteiger partial charge in [0.05, 0.1) is 5.56 Å². The number of hydrogen-bond acceptors (Lipinski definition) is 1. The van der Waals surface area contributed by atoms with Gasteiger partial charge in [-0.2, -0.15) is 13.8 Å². The first-order chi connectivity index (χ1) is 11.7. The van der Waals surface area contributed by atoms with E-state index in [4.69, 9.17) is 0 Å². The third-order valence-corrected chi connectivity index (χ3v) is 6.13. The molecule has 0 radical (unpaired) electrons. The van der Waals surface area contributed by atoms with E-state index in [1.165, 1.54) is 51.0 Å².